The predicted molar refractivity (Wildman–Crippen MR) is 93.6 cm³/mol. The molecule has 2 aromatic rings. The first-order valence-corrected chi connectivity index (χ1v) is 8.08. The third kappa shape index (κ3) is 4.58. The van der Waals surface area contributed by atoms with E-state index in [0.717, 1.165) is 0 Å². The second-order valence-electron chi connectivity index (χ2n) is 6.30. The van der Waals surface area contributed by atoms with Gasteiger partial charge in [0.25, 0.3) is 5.69 Å². The van der Waals surface area contributed by atoms with Crippen LogP contribution in [0.3, 0.4) is 0 Å². The van der Waals surface area contributed by atoms with E-state index in [-0.39, 0.29) is 36.5 Å². The molecule has 0 saturated carbocycles. The first-order chi connectivity index (χ1) is 11.8. The summed E-state index contributed by atoms with van der Waals surface area (Å²) < 4.78 is 14.0. The van der Waals surface area contributed by atoms with Crippen molar-refractivity contribution in [1.29, 1.82) is 0 Å². The molecule has 0 fully saturated rings. The Bertz CT molecular complexity index is 765. The number of nitrogens with zero attached hydrogens (tertiary/aromatic N) is 2. The van der Waals surface area contributed by atoms with Gasteiger partial charge in [-0.2, -0.15) is 0 Å². The monoisotopic (exact) mass is 347 g/mol. The van der Waals surface area contributed by atoms with Crippen LogP contribution in [-0.4, -0.2) is 27.7 Å². The lowest BCUT2D eigenvalue weighted by molar-refractivity contribution is -0.385. The van der Waals surface area contributed by atoms with Gasteiger partial charge >= 0.3 is 0 Å². The Hall–Kier alpha value is -2.38. The molecule has 0 amide bonds. The quantitative estimate of drug-likeness (QED) is 0.593. The zero-order chi connectivity index (χ0) is 18.6. The molecular weight excluding hydrogens is 325 g/mol. The Morgan fingerprint density at radius 1 is 1.32 bits per heavy atom. The summed E-state index contributed by atoms with van der Waals surface area (Å²) in [5.74, 6) is -0.269. The fraction of sp³-hybridized carbons (Fsp3) is 0.389. The van der Waals surface area contributed by atoms with Crippen molar-refractivity contribution in [2.75, 3.05) is 6.61 Å². The molecule has 0 spiro atoms. The minimum Gasteiger partial charge on any atom is -0.395 e. The maximum absolute atomic E-state index is 14.0. The Morgan fingerprint density at radius 3 is 2.64 bits per heavy atom. The molecule has 0 unspecified atom stereocenters. The molecule has 2 rings (SSSR count). The number of aliphatic hydroxyl groups is 1. The third-order valence-corrected chi connectivity index (χ3v) is 4.15. The summed E-state index contributed by atoms with van der Waals surface area (Å²) in [4.78, 5) is 14.9. The molecular formula is C18H22FN3O3. The minimum absolute atomic E-state index is 0.00320. The van der Waals surface area contributed by atoms with Gasteiger partial charge in [-0.15, -0.1) is 0 Å². The van der Waals surface area contributed by atoms with Gasteiger partial charge in [0.05, 0.1) is 22.9 Å². The summed E-state index contributed by atoms with van der Waals surface area (Å²) >= 11 is 0. The third-order valence-electron chi connectivity index (χ3n) is 4.15. The van der Waals surface area contributed by atoms with Gasteiger partial charge in [0, 0.05) is 29.8 Å². The summed E-state index contributed by atoms with van der Waals surface area (Å²) in [6.45, 7) is 5.69. The Morgan fingerprint density at radius 2 is 2.04 bits per heavy atom. The molecule has 0 radical (unpaired) electrons. The highest BCUT2D eigenvalue weighted by atomic mass is 19.1. The fourth-order valence-electron chi connectivity index (χ4n) is 2.47. The van der Waals surface area contributed by atoms with Crippen LogP contribution in [0.25, 0.3) is 11.3 Å². The van der Waals surface area contributed by atoms with Crippen molar-refractivity contribution in [3.63, 3.8) is 0 Å². The molecule has 1 aromatic heterocycles. The van der Waals surface area contributed by atoms with Crippen LogP contribution in [0.1, 0.15) is 25.1 Å². The van der Waals surface area contributed by atoms with Crippen molar-refractivity contribution in [3.8, 4) is 11.3 Å². The van der Waals surface area contributed by atoms with Crippen LogP contribution < -0.4 is 5.32 Å². The standard InChI is InChI=1S/C18H22FN3O3/c1-11(2)17(10-23)20-9-16-14(19)6-7-15(21-16)13-5-4-12(3)18(8-13)22(24)25/h4-8,11,17,20,23H,9-10H2,1-3H3/t17-/m0/s1. The van der Waals surface area contributed by atoms with E-state index in [4.69, 9.17) is 0 Å². The first-order valence-electron chi connectivity index (χ1n) is 8.08. The van der Waals surface area contributed by atoms with E-state index in [9.17, 15) is 19.6 Å². The Kier molecular flexibility index (Phi) is 6.17. The van der Waals surface area contributed by atoms with Crippen molar-refractivity contribution in [3.05, 3.63) is 57.5 Å². The summed E-state index contributed by atoms with van der Waals surface area (Å²) in [5.41, 5.74) is 1.79. The van der Waals surface area contributed by atoms with Gasteiger partial charge in [-0.1, -0.05) is 26.0 Å². The van der Waals surface area contributed by atoms with Gasteiger partial charge in [-0.05, 0) is 25.0 Å². The number of aliphatic hydroxyl groups excluding tert-OH is 1. The molecule has 6 nitrogen and oxygen atoms in total. The van der Waals surface area contributed by atoms with E-state index in [1.807, 2.05) is 13.8 Å². The van der Waals surface area contributed by atoms with E-state index >= 15 is 0 Å². The lowest BCUT2D eigenvalue weighted by atomic mass is 10.1. The second-order valence-corrected chi connectivity index (χ2v) is 6.30. The van der Waals surface area contributed by atoms with E-state index in [1.165, 1.54) is 18.2 Å². The molecule has 134 valence electrons. The van der Waals surface area contributed by atoms with E-state index in [1.54, 1.807) is 19.1 Å². The van der Waals surface area contributed by atoms with Gasteiger partial charge in [-0.25, -0.2) is 9.37 Å². The maximum Gasteiger partial charge on any atom is 0.272 e. The van der Waals surface area contributed by atoms with Crippen LogP contribution >= 0.6 is 0 Å². The van der Waals surface area contributed by atoms with Gasteiger partial charge in [-0.3, -0.25) is 10.1 Å². The summed E-state index contributed by atoms with van der Waals surface area (Å²) in [6.07, 6.45) is 0. The number of aromatic nitrogens is 1. The van der Waals surface area contributed by atoms with Crippen LogP contribution in [-0.2, 0) is 6.54 Å². The van der Waals surface area contributed by atoms with E-state index in [0.29, 0.717) is 16.8 Å². The SMILES string of the molecule is Cc1ccc(-c2ccc(F)c(CN[C@@H](CO)C(C)C)n2)cc1[N+](=O)[O-]. The van der Waals surface area contributed by atoms with Gasteiger partial charge in [0.1, 0.15) is 5.82 Å². The lowest BCUT2D eigenvalue weighted by Gasteiger charge is -2.20. The smallest absolute Gasteiger partial charge is 0.272 e. The molecule has 1 heterocycles. The first kappa shape index (κ1) is 19.0. The normalized spacial score (nSPS) is 12.4. The number of pyridine rings is 1. The van der Waals surface area contributed by atoms with Crippen LogP contribution in [0.2, 0.25) is 0 Å². The van der Waals surface area contributed by atoms with Crippen LogP contribution in [0, 0.1) is 28.8 Å². The number of nitrogens with one attached hydrogen (secondary N) is 1. The zero-order valence-electron chi connectivity index (χ0n) is 14.5. The largest absolute Gasteiger partial charge is 0.395 e. The number of aryl methyl sites for hydroxylation is 1. The molecule has 1 atom stereocenters. The molecule has 2 N–H and O–H groups in total. The number of nitro benzene ring substituents is 1. The van der Waals surface area contributed by atoms with Crippen molar-refractivity contribution in [2.24, 2.45) is 5.92 Å². The van der Waals surface area contributed by atoms with E-state index in [2.05, 4.69) is 10.3 Å². The Labute approximate surface area is 145 Å². The zero-order valence-corrected chi connectivity index (χ0v) is 14.5. The number of nitro groups is 1. The fourth-order valence-corrected chi connectivity index (χ4v) is 2.47. The van der Waals surface area contributed by atoms with Crippen LogP contribution in [0.5, 0.6) is 0 Å². The van der Waals surface area contributed by atoms with Gasteiger partial charge < -0.3 is 10.4 Å². The Balaban J connectivity index is 2.29. The molecule has 0 saturated heterocycles. The van der Waals surface area contributed by atoms with Crippen LogP contribution in [0.4, 0.5) is 10.1 Å². The molecule has 0 aliphatic rings. The highest BCUT2D eigenvalue weighted by molar-refractivity contribution is 5.64. The molecule has 0 aliphatic heterocycles. The average Bonchev–Trinajstić information content (AvgIpc) is 2.57. The average molecular weight is 347 g/mol. The minimum atomic E-state index is -0.460. The molecule has 0 bridgehead atoms. The van der Waals surface area contributed by atoms with Crippen LogP contribution in [0.15, 0.2) is 30.3 Å². The lowest BCUT2D eigenvalue weighted by Crippen LogP contribution is -2.36. The highest BCUT2D eigenvalue weighted by Crippen LogP contribution is 2.26. The second kappa shape index (κ2) is 8.13. The van der Waals surface area contributed by atoms with Crippen molar-refractivity contribution < 1.29 is 14.4 Å². The molecule has 25 heavy (non-hydrogen) atoms. The molecule has 7 heteroatoms. The van der Waals surface area contributed by atoms with Crippen molar-refractivity contribution in [2.45, 2.75) is 33.4 Å². The highest BCUT2D eigenvalue weighted by Gasteiger charge is 2.16. The topological polar surface area (TPSA) is 88.3 Å². The number of hydrogen-bond donors (Lipinski definition) is 2. The summed E-state index contributed by atoms with van der Waals surface area (Å²) in [6, 6.07) is 7.46. The number of halogens is 1. The number of benzene rings is 1. The predicted octanol–water partition coefficient (Wildman–Crippen LogP) is 3.21. The summed E-state index contributed by atoms with van der Waals surface area (Å²) in [7, 11) is 0. The van der Waals surface area contributed by atoms with Crippen molar-refractivity contribution >= 4 is 5.69 Å². The van der Waals surface area contributed by atoms with Crippen molar-refractivity contribution in [1.82, 2.24) is 10.3 Å². The number of hydrogen-bond acceptors (Lipinski definition) is 5. The van der Waals surface area contributed by atoms with E-state index < -0.39 is 10.7 Å². The van der Waals surface area contributed by atoms with Gasteiger partial charge in [0.2, 0.25) is 0 Å². The number of rotatable bonds is 7. The summed E-state index contributed by atoms with van der Waals surface area (Å²) in [5, 5.41) is 23.5. The molecule has 1 aromatic carbocycles. The van der Waals surface area contributed by atoms with Gasteiger partial charge in [0.15, 0.2) is 0 Å². The molecule has 0 aliphatic carbocycles. The maximum atomic E-state index is 14.0.